The molecule has 1 aliphatic heterocycles. The maximum absolute atomic E-state index is 11.9. The van der Waals surface area contributed by atoms with Crippen molar-refractivity contribution in [2.75, 3.05) is 20.2 Å². The molecule has 1 fully saturated rings. The van der Waals surface area contributed by atoms with Gasteiger partial charge in [0.15, 0.2) is 0 Å². The molecule has 0 bridgehead atoms. The van der Waals surface area contributed by atoms with Crippen molar-refractivity contribution in [2.24, 2.45) is 0 Å². The summed E-state index contributed by atoms with van der Waals surface area (Å²) >= 11 is 0. The Morgan fingerprint density at radius 1 is 1.62 bits per heavy atom. The van der Waals surface area contributed by atoms with Gasteiger partial charge in [-0.15, -0.1) is 0 Å². The number of hydrogen-bond acceptors (Lipinski definition) is 4. The largest absolute Gasteiger partial charge is 0.376 e. The fraction of sp³-hybridized carbons (Fsp3) is 0.545. The third-order valence-corrected chi connectivity index (χ3v) is 2.63. The van der Waals surface area contributed by atoms with E-state index < -0.39 is 0 Å². The van der Waals surface area contributed by atoms with Crippen molar-refractivity contribution in [3.8, 4) is 0 Å². The lowest BCUT2D eigenvalue weighted by Gasteiger charge is -2.20. The second-order valence-corrected chi connectivity index (χ2v) is 3.91. The van der Waals surface area contributed by atoms with Gasteiger partial charge in [-0.3, -0.25) is 9.78 Å². The minimum atomic E-state index is -0.108. The quantitative estimate of drug-likeness (QED) is 0.755. The summed E-state index contributed by atoms with van der Waals surface area (Å²) in [5, 5.41) is 0. The Hall–Kier alpha value is -1.49. The maximum atomic E-state index is 11.9. The molecule has 2 heterocycles. The van der Waals surface area contributed by atoms with Gasteiger partial charge >= 0.3 is 0 Å². The zero-order chi connectivity index (χ0) is 11.4. The van der Waals surface area contributed by atoms with E-state index in [1.165, 1.54) is 12.4 Å². The normalized spacial score (nSPS) is 19.7. The summed E-state index contributed by atoms with van der Waals surface area (Å²) in [7, 11) is 1.76. The first kappa shape index (κ1) is 11.0. The highest BCUT2D eigenvalue weighted by Crippen LogP contribution is 2.13. The molecule has 5 heteroatoms. The van der Waals surface area contributed by atoms with Crippen molar-refractivity contribution in [3.63, 3.8) is 0 Å². The van der Waals surface area contributed by atoms with E-state index in [0.29, 0.717) is 12.2 Å². The number of likely N-dealkylation sites (N-methyl/N-ethyl adjacent to an activating group) is 1. The topological polar surface area (TPSA) is 55.3 Å². The Bertz CT molecular complexity index is 350. The number of carbonyl (C=O) groups is 1. The fourth-order valence-electron chi connectivity index (χ4n) is 1.78. The summed E-state index contributed by atoms with van der Waals surface area (Å²) in [6.07, 6.45) is 6.83. The van der Waals surface area contributed by atoms with Gasteiger partial charge in [-0.1, -0.05) is 0 Å². The molecule has 16 heavy (non-hydrogen) atoms. The molecule has 5 nitrogen and oxygen atoms in total. The van der Waals surface area contributed by atoms with Crippen LogP contribution >= 0.6 is 0 Å². The molecule has 1 amide bonds. The van der Waals surface area contributed by atoms with Gasteiger partial charge in [0.05, 0.1) is 12.3 Å². The van der Waals surface area contributed by atoms with Crippen LogP contribution in [0.3, 0.4) is 0 Å². The summed E-state index contributed by atoms with van der Waals surface area (Å²) in [5.74, 6) is -0.108. The van der Waals surface area contributed by atoms with Crippen molar-refractivity contribution in [2.45, 2.75) is 18.9 Å². The molecule has 0 N–H and O–H groups in total. The van der Waals surface area contributed by atoms with Gasteiger partial charge in [0.1, 0.15) is 5.69 Å². The average Bonchev–Trinajstić information content (AvgIpc) is 2.82. The van der Waals surface area contributed by atoms with Gasteiger partial charge in [-0.25, -0.2) is 4.98 Å². The van der Waals surface area contributed by atoms with E-state index in [1.54, 1.807) is 18.1 Å². The number of nitrogens with zero attached hydrogens (tertiary/aromatic N) is 3. The average molecular weight is 221 g/mol. The van der Waals surface area contributed by atoms with Crippen molar-refractivity contribution in [1.29, 1.82) is 0 Å². The Morgan fingerprint density at radius 3 is 3.12 bits per heavy atom. The van der Waals surface area contributed by atoms with Crippen LogP contribution in [0, 0.1) is 0 Å². The van der Waals surface area contributed by atoms with Crippen LogP contribution < -0.4 is 0 Å². The van der Waals surface area contributed by atoms with Gasteiger partial charge in [-0.2, -0.15) is 0 Å². The molecule has 1 unspecified atom stereocenters. The van der Waals surface area contributed by atoms with Crippen LogP contribution in [0.1, 0.15) is 23.3 Å². The highest BCUT2D eigenvalue weighted by molar-refractivity contribution is 5.91. The molecule has 1 aromatic heterocycles. The summed E-state index contributed by atoms with van der Waals surface area (Å²) in [6, 6.07) is 0. The second kappa shape index (κ2) is 5.03. The number of rotatable bonds is 3. The molecule has 86 valence electrons. The van der Waals surface area contributed by atoms with Crippen molar-refractivity contribution < 1.29 is 9.53 Å². The Balaban J connectivity index is 1.94. The predicted molar refractivity (Wildman–Crippen MR) is 58.0 cm³/mol. The molecule has 0 aliphatic carbocycles. The highest BCUT2D eigenvalue weighted by atomic mass is 16.5. The van der Waals surface area contributed by atoms with Gasteiger partial charge in [0.2, 0.25) is 0 Å². The van der Waals surface area contributed by atoms with Crippen molar-refractivity contribution in [1.82, 2.24) is 14.9 Å². The third kappa shape index (κ3) is 2.55. The predicted octanol–water partition coefficient (Wildman–Crippen LogP) is 0.728. The molecule has 0 aromatic carbocycles. The zero-order valence-electron chi connectivity index (χ0n) is 9.30. The van der Waals surface area contributed by atoms with E-state index in [9.17, 15) is 4.79 Å². The molecule has 1 saturated heterocycles. The number of hydrogen-bond donors (Lipinski definition) is 0. The molecule has 1 aliphatic rings. The standard InChI is InChI=1S/C11H15N3O2/c1-14(8-9-3-2-6-16-9)11(15)10-7-12-4-5-13-10/h4-5,7,9H,2-3,6,8H2,1H3. The van der Waals surface area contributed by atoms with Crippen molar-refractivity contribution >= 4 is 5.91 Å². The van der Waals surface area contributed by atoms with E-state index in [4.69, 9.17) is 4.74 Å². The lowest BCUT2D eigenvalue weighted by Crippen LogP contribution is -2.34. The molecule has 1 aromatic rings. The van der Waals surface area contributed by atoms with Gasteiger partial charge in [0.25, 0.3) is 5.91 Å². The summed E-state index contributed by atoms with van der Waals surface area (Å²) in [5.41, 5.74) is 0.378. The number of amides is 1. The Morgan fingerprint density at radius 2 is 2.50 bits per heavy atom. The van der Waals surface area contributed by atoms with Crippen LogP contribution in [0.15, 0.2) is 18.6 Å². The highest BCUT2D eigenvalue weighted by Gasteiger charge is 2.21. The summed E-state index contributed by atoms with van der Waals surface area (Å²) in [4.78, 5) is 21.4. The van der Waals surface area contributed by atoms with Crippen LogP contribution in [-0.4, -0.2) is 47.1 Å². The molecular formula is C11H15N3O2. The van der Waals surface area contributed by atoms with Crippen LogP contribution in [0.25, 0.3) is 0 Å². The molecular weight excluding hydrogens is 206 g/mol. The number of ether oxygens (including phenoxy) is 1. The van der Waals surface area contributed by atoms with Gasteiger partial charge in [0, 0.05) is 32.6 Å². The van der Waals surface area contributed by atoms with E-state index in [-0.39, 0.29) is 12.0 Å². The SMILES string of the molecule is CN(CC1CCCO1)C(=O)c1cnccn1. The van der Waals surface area contributed by atoms with E-state index in [1.807, 2.05) is 0 Å². The first-order valence-electron chi connectivity index (χ1n) is 5.40. The Kier molecular flexibility index (Phi) is 3.46. The molecule has 2 rings (SSSR count). The fourth-order valence-corrected chi connectivity index (χ4v) is 1.78. The van der Waals surface area contributed by atoms with Gasteiger partial charge in [-0.05, 0) is 12.8 Å². The molecule has 1 atom stereocenters. The molecule has 0 radical (unpaired) electrons. The van der Waals surface area contributed by atoms with Crippen LogP contribution in [0.2, 0.25) is 0 Å². The monoisotopic (exact) mass is 221 g/mol. The number of aromatic nitrogens is 2. The second-order valence-electron chi connectivity index (χ2n) is 3.91. The van der Waals surface area contributed by atoms with Crippen molar-refractivity contribution in [3.05, 3.63) is 24.3 Å². The lowest BCUT2D eigenvalue weighted by atomic mass is 10.2. The summed E-state index contributed by atoms with van der Waals surface area (Å²) < 4.78 is 5.48. The smallest absolute Gasteiger partial charge is 0.273 e. The van der Waals surface area contributed by atoms with Crippen LogP contribution in [-0.2, 0) is 4.74 Å². The molecule has 0 spiro atoms. The van der Waals surface area contributed by atoms with Gasteiger partial charge < -0.3 is 9.64 Å². The van der Waals surface area contributed by atoms with E-state index in [2.05, 4.69) is 9.97 Å². The van der Waals surface area contributed by atoms with E-state index >= 15 is 0 Å². The zero-order valence-corrected chi connectivity index (χ0v) is 9.30. The van der Waals surface area contributed by atoms with E-state index in [0.717, 1.165) is 19.4 Å². The first-order chi connectivity index (χ1) is 7.77. The minimum Gasteiger partial charge on any atom is -0.376 e. The lowest BCUT2D eigenvalue weighted by molar-refractivity contribution is 0.0582. The first-order valence-corrected chi connectivity index (χ1v) is 5.40. The third-order valence-electron chi connectivity index (χ3n) is 2.63. The summed E-state index contributed by atoms with van der Waals surface area (Å²) in [6.45, 7) is 1.42. The molecule has 0 saturated carbocycles. The Labute approximate surface area is 94.5 Å². The number of carbonyl (C=O) groups excluding carboxylic acids is 1. The minimum absolute atomic E-state index is 0.108. The van der Waals surface area contributed by atoms with Crippen LogP contribution in [0.4, 0.5) is 0 Å². The van der Waals surface area contributed by atoms with Crippen LogP contribution in [0.5, 0.6) is 0 Å². The maximum Gasteiger partial charge on any atom is 0.273 e.